The molecule has 2 rings (SSSR count). The SMILES string of the molecule is CC(C)=C(NC1C2CCC21)C(NC[N+](C)(C)C)=C(C)CC(C)C. The molecule has 0 aromatic carbocycles. The molecule has 0 spiro atoms. The van der Waals surface area contributed by atoms with Gasteiger partial charge in [-0.15, -0.1) is 0 Å². The Hall–Kier alpha value is -0.960. The van der Waals surface area contributed by atoms with E-state index in [1.54, 1.807) is 0 Å². The van der Waals surface area contributed by atoms with Crippen LogP contribution in [0.25, 0.3) is 0 Å². The zero-order valence-corrected chi connectivity index (χ0v) is 16.6. The highest BCUT2D eigenvalue weighted by molar-refractivity contribution is 5.37. The lowest BCUT2D eigenvalue weighted by molar-refractivity contribution is -0.872. The highest BCUT2D eigenvalue weighted by Crippen LogP contribution is 2.56. The van der Waals surface area contributed by atoms with E-state index in [-0.39, 0.29) is 0 Å². The molecule has 0 aromatic heterocycles. The maximum absolute atomic E-state index is 3.90. The molecule has 0 amide bonds. The van der Waals surface area contributed by atoms with Crippen LogP contribution in [0.1, 0.15) is 53.9 Å². The maximum atomic E-state index is 3.90. The fraction of sp³-hybridized carbons (Fsp3) is 0.800. The van der Waals surface area contributed by atoms with Gasteiger partial charge in [0.2, 0.25) is 0 Å². The summed E-state index contributed by atoms with van der Waals surface area (Å²) >= 11 is 0. The lowest BCUT2D eigenvalue weighted by Crippen LogP contribution is -2.44. The summed E-state index contributed by atoms with van der Waals surface area (Å²) < 4.78 is 0.920. The van der Waals surface area contributed by atoms with Gasteiger partial charge in [-0.05, 0) is 63.4 Å². The van der Waals surface area contributed by atoms with Crippen molar-refractivity contribution in [2.75, 3.05) is 27.8 Å². The van der Waals surface area contributed by atoms with E-state index in [0.29, 0.717) is 5.92 Å². The molecule has 0 aromatic rings. The van der Waals surface area contributed by atoms with Crippen LogP contribution in [0.5, 0.6) is 0 Å². The zero-order valence-electron chi connectivity index (χ0n) is 16.6. The molecule has 0 radical (unpaired) electrons. The first-order valence-corrected chi connectivity index (χ1v) is 9.28. The first-order chi connectivity index (χ1) is 10.6. The van der Waals surface area contributed by atoms with Crippen molar-refractivity contribution in [3.63, 3.8) is 0 Å². The minimum Gasteiger partial charge on any atom is -0.380 e. The van der Waals surface area contributed by atoms with E-state index in [1.807, 2.05) is 0 Å². The van der Waals surface area contributed by atoms with Crippen LogP contribution in [0, 0.1) is 17.8 Å². The molecule has 0 saturated heterocycles. The Morgan fingerprint density at radius 1 is 1.00 bits per heavy atom. The molecular weight excluding hydrogens is 282 g/mol. The molecule has 132 valence electrons. The molecule has 0 bridgehead atoms. The minimum atomic E-state index is 0.687. The van der Waals surface area contributed by atoms with Crippen molar-refractivity contribution in [3.05, 3.63) is 22.5 Å². The van der Waals surface area contributed by atoms with E-state index in [2.05, 4.69) is 66.4 Å². The second-order valence-corrected chi connectivity index (χ2v) is 9.33. The van der Waals surface area contributed by atoms with Gasteiger partial charge >= 0.3 is 0 Å². The Kier molecular flexibility index (Phi) is 5.50. The zero-order chi connectivity index (χ0) is 17.4. The van der Waals surface area contributed by atoms with Crippen LogP contribution in [0.15, 0.2) is 22.5 Å². The summed E-state index contributed by atoms with van der Waals surface area (Å²) in [6.45, 7) is 12.3. The number of rotatable bonds is 8. The summed E-state index contributed by atoms with van der Waals surface area (Å²) in [5.74, 6) is 2.59. The fourth-order valence-electron chi connectivity index (χ4n) is 3.69. The van der Waals surface area contributed by atoms with Crippen LogP contribution in [0.2, 0.25) is 0 Å². The lowest BCUT2D eigenvalue weighted by atomic mass is 10.00. The van der Waals surface area contributed by atoms with E-state index in [1.165, 1.54) is 35.4 Å². The summed E-state index contributed by atoms with van der Waals surface area (Å²) in [5, 5.41) is 7.66. The molecule has 2 saturated carbocycles. The van der Waals surface area contributed by atoms with E-state index in [0.717, 1.165) is 35.5 Å². The van der Waals surface area contributed by atoms with Crippen LogP contribution >= 0.6 is 0 Å². The van der Waals surface area contributed by atoms with E-state index < -0.39 is 0 Å². The van der Waals surface area contributed by atoms with Gasteiger partial charge in [-0.25, -0.2) is 0 Å². The van der Waals surface area contributed by atoms with Gasteiger partial charge in [-0.2, -0.15) is 0 Å². The Morgan fingerprint density at radius 3 is 1.96 bits per heavy atom. The van der Waals surface area contributed by atoms with Gasteiger partial charge in [-0.3, -0.25) is 0 Å². The molecule has 23 heavy (non-hydrogen) atoms. The van der Waals surface area contributed by atoms with Crippen LogP contribution in [-0.4, -0.2) is 38.3 Å². The molecule has 2 fully saturated rings. The van der Waals surface area contributed by atoms with Crippen molar-refractivity contribution in [2.45, 2.75) is 59.9 Å². The second-order valence-electron chi connectivity index (χ2n) is 9.33. The summed E-state index contributed by atoms with van der Waals surface area (Å²) in [5.41, 5.74) is 5.57. The van der Waals surface area contributed by atoms with Gasteiger partial charge < -0.3 is 15.1 Å². The predicted molar refractivity (Wildman–Crippen MR) is 99.7 cm³/mol. The van der Waals surface area contributed by atoms with E-state index in [4.69, 9.17) is 0 Å². The second kappa shape index (κ2) is 6.88. The number of quaternary nitrogens is 1. The minimum absolute atomic E-state index is 0.687. The molecule has 0 heterocycles. The average Bonchev–Trinajstić information content (AvgIpc) is 2.84. The number of fused-ring (bicyclic) bond motifs is 1. The highest BCUT2D eigenvalue weighted by Gasteiger charge is 2.56. The van der Waals surface area contributed by atoms with Gasteiger partial charge in [0, 0.05) is 6.04 Å². The maximum Gasteiger partial charge on any atom is 0.151 e. The van der Waals surface area contributed by atoms with E-state index in [9.17, 15) is 0 Å². The van der Waals surface area contributed by atoms with Crippen molar-refractivity contribution in [2.24, 2.45) is 17.8 Å². The summed E-state index contributed by atoms with van der Waals surface area (Å²) in [6.07, 6.45) is 4.00. The van der Waals surface area contributed by atoms with Crippen molar-refractivity contribution in [1.82, 2.24) is 10.6 Å². The summed E-state index contributed by atoms with van der Waals surface area (Å²) in [6, 6.07) is 0.729. The average molecular weight is 321 g/mol. The molecule has 2 atom stereocenters. The quantitative estimate of drug-likeness (QED) is 0.403. The summed E-state index contributed by atoms with van der Waals surface area (Å²) in [7, 11) is 6.71. The standard InChI is InChI=1S/C20H38N3/c1-13(2)11-15(5)19(21-12-23(6,7)8)18(14(3)4)22-20-16-9-10-17(16)20/h13,16-17,20-22H,9-12H2,1-8H3/q+1. The largest absolute Gasteiger partial charge is 0.380 e. The van der Waals surface area contributed by atoms with Crippen LogP contribution in [0.4, 0.5) is 0 Å². The third kappa shape index (κ3) is 4.76. The molecule has 2 N–H and O–H groups in total. The van der Waals surface area contributed by atoms with E-state index >= 15 is 0 Å². The van der Waals surface area contributed by atoms with Gasteiger partial charge in [0.1, 0.15) is 0 Å². The van der Waals surface area contributed by atoms with Gasteiger partial charge in [-0.1, -0.05) is 19.4 Å². The molecule has 2 aliphatic carbocycles. The Labute approximate surface area is 143 Å². The van der Waals surface area contributed by atoms with Crippen molar-refractivity contribution >= 4 is 0 Å². The number of nitrogens with zero attached hydrogens (tertiary/aromatic N) is 1. The fourth-order valence-corrected chi connectivity index (χ4v) is 3.69. The Morgan fingerprint density at radius 2 is 1.57 bits per heavy atom. The third-order valence-electron chi connectivity index (χ3n) is 5.10. The number of allylic oxidation sites excluding steroid dienone is 2. The molecule has 2 aliphatic rings. The van der Waals surface area contributed by atoms with Crippen LogP contribution < -0.4 is 10.6 Å². The first kappa shape index (κ1) is 18.4. The van der Waals surface area contributed by atoms with Crippen molar-refractivity contribution < 1.29 is 4.48 Å². The van der Waals surface area contributed by atoms with Gasteiger partial charge in [0.05, 0.1) is 32.5 Å². The molecule has 3 heteroatoms. The molecular formula is C20H38N3+. The Balaban J connectivity index is 2.19. The monoisotopic (exact) mass is 320 g/mol. The summed E-state index contributed by atoms with van der Waals surface area (Å²) in [4.78, 5) is 0. The molecule has 2 unspecified atom stereocenters. The number of nitrogens with one attached hydrogen (secondary N) is 2. The number of hydrogen-bond acceptors (Lipinski definition) is 2. The lowest BCUT2D eigenvalue weighted by Gasteiger charge is -2.28. The van der Waals surface area contributed by atoms with Gasteiger partial charge in [0.25, 0.3) is 0 Å². The van der Waals surface area contributed by atoms with Crippen LogP contribution in [-0.2, 0) is 0 Å². The Bertz CT molecular complexity index is 480. The predicted octanol–water partition coefficient (Wildman–Crippen LogP) is 3.85. The van der Waals surface area contributed by atoms with Gasteiger partial charge in [0.15, 0.2) is 6.67 Å². The number of hydrogen-bond donors (Lipinski definition) is 2. The van der Waals surface area contributed by atoms with Crippen molar-refractivity contribution in [3.8, 4) is 0 Å². The topological polar surface area (TPSA) is 24.1 Å². The normalized spacial score (nSPS) is 26.9. The smallest absolute Gasteiger partial charge is 0.151 e. The third-order valence-corrected chi connectivity index (χ3v) is 5.10. The molecule has 0 aliphatic heterocycles. The highest BCUT2D eigenvalue weighted by atomic mass is 15.3. The molecule has 3 nitrogen and oxygen atoms in total. The van der Waals surface area contributed by atoms with Crippen molar-refractivity contribution in [1.29, 1.82) is 0 Å². The van der Waals surface area contributed by atoms with Crippen LogP contribution in [0.3, 0.4) is 0 Å². The first-order valence-electron chi connectivity index (χ1n) is 9.28.